The average molecular weight is 394 g/mol. The van der Waals surface area contributed by atoms with Crippen molar-refractivity contribution in [1.29, 1.82) is 0 Å². The Morgan fingerprint density at radius 3 is 2.04 bits per heavy atom. The third-order valence-electron chi connectivity index (χ3n) is 4.85. The first-order valence-electron chi connectivity index (χ1n) is 7.62. The van der Waals surface area contributed by atoms with Crippen LogP contribution in [0.4, 0.5) is 0 Å². The number of aliphatic hydroxyl groups excluding tert-OH is 1. The molecule has 0 spiro atoms. The highest BCUT2D eigenvalue weighted by atomic mass is 32.2. The number of benzene rings is 2. The van der Waals surface area contributed by atoms with Gasteiger partial charge in [0.05, 0.1) is 11.0 Å². The van der Waals surface area contributed by atoms with Crippen LogP contribution in [-0.4, -0.2) is 31.0 Å². The summed E-state index contributed by atoms with van der Waals surface area (Å²) in [6, 6.07) is 6.15. The second-order valence-electron chi connectivity index (χ2n) is 6.39. The zero-order valence-corrected chi connectivity index (χ0v) is 15.0. The van der Waals surface area contributed by atoms with Gasteiger partial charge in [0.2, 0.25) is 0 Å². The van der Waals surface area contributed by atoms with E-state index in [-0.39, 0.29) is 16.5 Å². The largest absolute Gasteiger partial charge is 0.384 e. The van der Waals surface area contributed by atoms with Crippen LogP contribution in [0, 0.1) is 0 Å². The van der Waals surface area contributed by atoms with Crippen molar-refractivity contribution in [2.24, 2.45) is 0 Å². The van der Waals surface area contributed by atoms with Crippen LogP contribution in [0.2, 0.25) is 0 Å². The first-order chi connectivity index (χ1) is 12.0. The van der Waals surface area contributed by atoms with Gasteiger partial charge < -0.3 is 5.11 Å². The van der Waals surface area contributed by atoms with Gasteiger partial charge in [0.25, 0.3) is 20.2 Å². The van der Waals surface area contributed by atoms with Gasteiger partial charge in [0.1, 0.15) is 5.25 Å². The van der Waals surface area contributed by atoms with E-state index in [1.54, 1.807) is 25.1 Å². The number of aliphatic hydroxyl groups is 1. The Balaban J connectivity index is 2.24. The number of rotatable bonds is 2. The predicted octanol–water partition coefficient (Wildman–Crippen LogP) is 2.46. The van der Waals surface area contributed by atoms with Crippen molar-refractivity contribution in [3.8, 4) is 0 Å². The summed E-state index contributed by atoms with van der Waals surface area (Å²) in [6.45, 7) is 1.78. The molecule has 136 valence electrons. The van der Waals surface area contributed by atoms with Gasteiger partial charge in [-0.3, -0.25) is 9.11 Å². The standard InChI is InChI=1S/C17H14O7S2/c1-8-6-13(18)10-3-5-12-15(26(22,23)24)7-14(25(19,20)21)11-4-2-9(8)16(10)17(11)12/h2-7,13,15,18H,1H3,(H,19,20,21)(H,22,23,24). The second kappa shape index (κ2) is 5.24. The van der Waals surface area contributed by atoms with E-state index in [1.165, 1.54) is 12.1 Å². The van der Waals surface area contributed by atoms with Gasteiger partial charge in [-0.1, -0.05) is 24.3 Å². The van der Waals surface area contributed by atoms with Crippen LogP contribution in [0.3, 0.4) is 0 Å². The lowest BCUT2D eigenvalue weighted by Gasteiger charge is -2.28. The minimum absolute atomic E-state index is 0.130. The first kappa shape index (κ1) is 17.4. The molecule has 0 heterocycles. The Kier molecular flexibility index (Phi) is 3.50. The molecular weight excluding hydrogens is 380 g/mol. The minimum Gasteiger partial charge on any atom is -0.384 e. The summed E-state index contributed by atoms with van der Waals surface area (Å²) in [5.41, 5.74) is 2.29. The van der Waals surface area contributed by atoms with E-state index >= 15 is 0 Å². The maximum Gasteiger partial charge on any atom is 0.294 e. The van der Waals surface area contributed by atoms with Crippen LogP contribution >= 0.6 is 0 Å². The lowest BCUT2D eigenvalue weighted by Crippen LogP contribution is -2.18. The lowest BCUT2D eigenvalue weighted by atomic mass is 9.81. The number of hydrogen-bond acceptors (Lipinski definition) is 5. The van der Waals surface area contributed by atoms with Gasteiger partial charge in [-0.05, 0) is 52.1 Å². The van der Waals surface area contributed by atoms with Gasteiger partial charge in [-0.2, -0.15) is 16.8 Å². The van der Waals surface area contributed by atoms with E-state index < -0.39 is 36.5 Å². The van der Waals surface area contributed by atoms with Crippen LogP contribution in [0.15, 0.2) is 36.4 Å². The third kappa shape index (κ3) is 2.36. The van der Waals surface area contributed by atoms with Crippen molar-refractivity contribution in [2.75, 3.05) is 0 Å². The molecule has 0 saturated carbocycles. The smallest absolute Gasteiger partial charge is 0.294 e. The van der Waals surface area contributed by atoms with E-state index in [1.807, 2.05) is 0 Å². The fourth-order valence-electron chi connectivity index (χ4n) is 3.77. The van der Waals surface area contributed by atoms with Crippen molar-refractivity contribution < 1.29 is 31.0 Å². The predicted molar refractivity (Wildman–Crippen MR) is 96.4 cm³/mol. The van der Waals surface area contributed by atoms with Crippen LogP contribution < -0.4 is 0 Å². The van der Waals surface area contributed by atoms with Crippen molar-refractivity contribution in [1.82, 2.24) is 0 Å². The summed E-state index contributed by atoms with van der Waals surface area (Å²) < 4.78 is 66.6. The molecule has 2 aromatic rings. The molecule has 0 aliphatic heterocycles. The molecule has 2 atom stereocenters. The van der Waals surface area contributed by atoms with Gasteiger partial charge in [-0.25, -0.2) is 0 Å². The number of hydrogen-bond donors (Lipinski definition) is 3. The molecule has 2 unspecified atom stereocenters. The summed E-state index contributed by atoms with van der Waals surface area (Å²) in [4.78, 5) is -0.585. The molecule has 2 aromatic carbocycles. The molecule has 3 N–H and O–H groups in total. The van der Waals surface area contributed by atoms with Crippen LogP contribution in [-0.2, 0) is 20.2 Å². The highest BCUT2D eigenvalue weighted by Crippen LogP contribution is 2.47. The summed E-state index contributed by atoms with van der Waals surface area (Å²) >= 11 is 0. The zero-order valence-electron chi connectivity index (χ0n) is 13.4. The Morgan fingerprint density at radius 2 is 1.42 bits per heavy atom. The molecule has 0 amide bonds. The second-order valence-corrected chi connectivity index (χ2v) is 9.32. The van der Waals surface area contributed by atoms with Gasteiger partial charge >= 0.3 is 0 Å². The van der Waals surface area contributed by atoms with Gasteiger partial charge in [0, 0.05) is 5.56 Å². The maximum atomic E-state index is 11.9. The van der Waals surface area contributed by atoms with Crippen molar-refractivity contribution >= 4 is 41.5 Å². The molecule has 26 heavy (non-hydrogen) atoms. The Morgan fingerprint density at radius 1 is 0.846 bits per heavy atom. The topological polar surface area (TPSA) is 129 Å². The monoisotopic (exact) mass is 394 g/mol. The molecule has 4 rings (SSSR count). The third-order valence-corrected chi connectivity index (χ3v) is 6.79. The van der Waals surface area contributed by atoms with E-state index in [9.17, 15) is 31.0 Å². The number of allylic oxidation sites excluding steroid dienone is 1. The molecule has 0 bridgehead atoms. The molecule has 0 radical (unpaired) electrons. The molecule has 2 aliphatic carbocycles. The average Bonchev–Trinajstić information content (AvgIpc) is 2.52. The first-order valence-corrected chi connectivity index (χ1v) is 10.6. The van der Waals surface area contributed by atoms with Gasteiger partial charge in [0.15, 0.2) is 0 Å². The SMILES string of the molecule is CC1=CC(O)c2ccc3c4c(ccc1c24)C(S(=O)(=O)O)=CC3S(=O)(=O)O. The highest BCUT2D eigenvalue weighted by Gasteiger charge is 2.36. The van der Waals surface area contributed by atoms with Crippen LogP contribution in [0.1, 0.15) is 40.5 Å². The summed E-state index contributed by atoms with van der Waals surface area (Å²) in [5, 5.41) is 9.49. The van der Waals surface area contributed by atoms with Crippen LogP contribution in [0.5, 0.6) is 0 Å². The fraction of sp³-hybridized carbons (Fsp3) is 0.176. The van der Waals surface area contributed by atoms with Gasteiger partial charge in [-0.15, -0.1) is 0 Å². The zero-order chi connectivity index (χ0) is 19.0. The normalized spacial score (nSPS) is 22.2. The van der Waals surface area contributed by atoms with Crippen LogP contribution in [0.25, 0.3) is 21.3 Å². The van der Waals surface area contributed by atoms with E-state index in [4.69, 9.17) is 0 Å². The highest BCUT2D eigenvalue weighted by molar-refractivity contribution is 7.95. The van der Waals surface area contributed by atoms with Crippen molar-refractivity contribution in [3.05, 3.63) is 58.7 Å². The molecule has 0 fully saturated rings. The van der Waals surface area contributed by atoms with Crippen molar-refractivity contribution in [2.45, 2.75) is 18.3 Å². The summed E-state index contributed by atoms with van der Waals surface area (Å²) in [5.74, 6) is 0. The molecule has 2 aliphatic rings. The van der Waals surface area contributed by atoms with E-state index in [0.29, 0.717) is 10.9 Å². The molecule has 7 nitrogen and oxygen atoms in total. The van der Waals surface area contributed by atoms with E-state index in [2.05, 4.69) is 0 Å². The molecule has 9 heteroatoms. The Labute approximate surface area is 149 Å². The van der Waals surface area contributed by atoms with Crippen molar-refractivity contribution in [3.63, 3.8) is 0 Å². The Bertz CT molecular complexity index is 1250. The molecular formula is C17H14O7S2. The summed E-state index contributed by atoms with van der Waals surface area (Å²) in [6.07, 6.45) is 1.53. The quantitative estimate of drug-likeness (QED) is 0.667. The molecule has 0 aromatic heterocycles. The molecule has 0 saturated heterocycles. The lowest BCUT2D eigenvalue weighted by molar-refractivity contribution is 0.230. The van der Waals surface area contributed by atoms with E-state index in [0.717, 1.165) is 17.2 Å². The minimum atomic E-state index is -4.74. The maximum absolute atomic E-state index is 11.9. The fourth-order valence-corrected chi connectivity index (χ4v) is 5.44. The summed E-state index contributed by atoms with van der Waals surface area (Å²) in [7, 11) is -9.42. The Hall–Kier alpha value is -2.04.